The van der Waals surface area contributed by atoms with Crippen LogP contribution in [0.1, 0.15) is 17.2 Å². The molecule has 0 radical (unpaired) electrons. The van der Waals surface area contributed by atoms with Crippen LogP contribution in [0.5, 0.6) is 0 Å². The van der Waals surface area contributed by atoms with Gasteiger partial charge in [0.2, 0.25) is 0 Å². The predicted octanol–water partition coefficient (Wildman–Crippen LogP) is 5.50. The lowest BCUT2D eigenvalue weighted by Gasteiger charge is -2.13. The van der Waals surface area contributed by atoms with Gasteiger partial charge in [-0.05, 0) is 50.0 Å². The van der Waals surface area contributed by atoms with Gasteiger partial charge in [0.15, 0.2) is 0 Å². The summed E-state index contributed by atoms with van der Waals surface area (Å²) in [6.45, 7) is 0. The molecule has 1 aromatic heterocycles. The van der Waals surface area contributed by atoms with E-state index >= 15 is 0 Å². The Kier molecular flexibility index (Phi) is 3.82. The molecule has 20 heavy (non-hydrogen) atoms. The van der Waals surface area contributed by atoms with Gasteiger partial charge < -0.3 is 5.73 Å². The van der Waals surface area contributed by atoms with E-state index in [1.807, 2.05) is 23.6 Å². The molecule has 2 aromatic carbocycles. The highest BCUT2D eigenvalue weighted by Crippen LogP contribution is 2.38. The summed E-state index contributed by atoms with van der Waals surface area (Å²) in [5, 5.41) is 3.16. The van der Waals surface area contributed by atoms with Gasteiger partial charge in [-0.25, -0.2) is 4.39 Å². The number of hydrogen-bond donors (Lipinski definition) is 1. The van der Waals surface area contributed by atoms with Gasteiger partial charge in [-0.3, -0.25) is 0 Å². The number of fused-ring (bicyclic) bond motifs is 1. The molecule has 1 unspecified atom stereocenters. The molecule has 5 heteroatoms. The minimum absolute atomic E-state index is 0.0920. The molecule has 0 saturated carbocycles. The maximum absolute atomic E-state index is 13.6. The lowest BCUT2D eigenvalue weighted by atomic mass is 9.99. The molecule has 0 spiro atoms. The van der Waals surface area contributed by atoms with Crippen LogP contribution in [0.3, 0.4) is 0 Å². The fourth-order valence-electron chi connectivity index (χ4n) is 2.21. The van der Waals surface area contributed by atoms with Gasteiger partial charge in [0, 0.05) is 9.17 Å². The second-order valence-electron chi connectivity index (χ2n) is 4.43. The van der Waals surface area contributed by atoms with Gasteiger partial charge in [0.1, 0.15) is 5.82 Å². The molecule has 3 rings (SSSR count). The van der Waals surface area contributed by atoms with Crippen molar-refractivity contribution in [2.45, 2.75) is 6.04 Å². The van der Waals surface area contributed by atoms with Gasteiger partial charge in [-0.2, -0.15) is 0 Å². The summed E-state index contributed by atoms with van der Waals surface area (Å²) in [6.07, 6.45) is 0. The largest absolute Gasteiger partial charge is 0.320 e. The van der Waals surface area contributed by atoms with Crippen molar-refractivity contribution < 1.29 is 4.39 Å². The van der Waals surface area contributed by atoms with E-state index < -0.39 is 11.9 Å². The summed E-state index contributed by atoms with van der Waals surface area (Å²) in [5.41, 5.74) is 7.85. The van der Waals surface area contributed by atoms with Crippen LogP contribution in [0.2, 0.25) is 5.02 Å². The minimum atomic E-state index is -0.444. The molecular weight excluding hydrogens is 361 g/mol. The number of halogens is 3. The second-order valence-corrected chi connectivity index (χ2v) is 6.54. The molecule has 0 fully saturated rings. The van der Waals surface area contributed by atoms with E-state index in [0.717, 1.165) is 20.1 Å². The highest BCUT2D eigenvalue weighted by Gasteiger charge is 2.18. The third kappa shape index (κ3) is 2.27. The second kappa shape index (κ2) is 5.45. The molecule has 0 aliphatic carbocycles. The van der Waals surface area contributed by atoms with E-state index in [-0.39, 0.29) is 5.02 Å². The Balaban J connectivity index is 2.16. The predicted molar refractivity (Wildman–Crippen MR) is 87.0 cm³/mol. The summed E-state index contributed by atoms with van der Waals surface area (Å²) < 4.78 is 15.7. The average Bonchev–Trinajstić information content (AvgIpc) is 2.86. The third-order valence-corrected chi connectivity index (χ3v) is 5.60. The molecule has 1 nitrogen and oxygen atoms in total. The molecule has 0 aliphatic rings. The van der Waals surface area contributed by atoms with Gasteiger partial charge in [0.05, 0.1) is 11.1 Å². The third-order valence-electron chi connectivity index (χ3n) is 3.23. The van der Waals surface area contributed by atoms with Crippen LogP contribution in [0.4, 0.5) is 4.39 Å². The lowest BCUT2D eigenvalue weighted by molar-refractivity contribution is 0.624. The summed E-state index contributed by atoms with van der Waals surface area (Å²) in [5.74, 6) is -0.444. The number of rotatable bonds is 2. The van der Waals surface area contributed by atoms with Gasteiger partial charge >= 0.3 is 0 Å². The first-order valence-corrected chi connectivity index (χ1v) is 7.99. The SMILES string of the molecule is NC(c1cccc(F)c1Cl)c1csc2c(Br)cccc12. The maximum Gasteiger partial charge on any atom is 0.142 e. The molecule has 0 amide bonds. The summed E-state index contributed by atoms with van der Waals surface area (Å²) in [6, 6.07) is 10.2. The van der Waals surface area contributed by atoms with Crippen molar-refractivity contribution in [3.63, 3.8) is 0 Å². The average molecular weight is 371 g/mol. The maximum atomic E-state index is 13.6. The molecule has 102 valence electrons. The first-order chi connectivity index (χ1) is 9.59. The van der Waals surface area contributed by atoms with Crippen LogP contribution in [0.25, 0.3) is 10.1 Å². The zero-order valence-electron chi connectivity index (χ0n) is 10.2. The monoisotopic (exact) mass is 369 g/mol. The Morgan fingerprint density at radius 3 is 2.70 bits per heavy atom. The van der Waals surface area contributed by atoms with E-state index in [2.05, 4.69) is 15.9 Å². The molecule has 0 saturated heterocycles. The number of thiophene rings is 1. The fraction of sp³-hybridized carbons (Fsp3) is 0.0667. The van der Waals surface area contributed by atoms with Crippen LogP contribution in [0, 0.1) is 5.82 Å². The van der Waals surface area contributed by atoms with Gasteiger partial charge in [0.25, 0.3) is 0 Å². The van der Waals surface area contributed by atoms with Gasteiger partial charge in [-0.1, -0.05) is 35.9 Å². The molecule has 2 N–H and O–H groups in total. The van der Waals surface area contributed by atoms with Crippen molar-refractivity contribution in [3.8, 4) is 0 Å². The van der Waals surface area contributed by atoms with Crippen molar-refractivity contribution in [3.05, 3.63) is 68.2 Å². The Labute approximate surface area is 133 Å². The van der Waals surface area contributed by atoms with Crippen LogP contribution >= 0.6 is 38.9 Å². The Hall–Kier alpha value is -0.940. The quantitative estimate of drug-likeness (QED) is 0.633. The number of benzene rings is 2. The molecule has 1 heterocycles. The van der Waals surface area contributed by atoms with Crippen molar-refractivity contribution in [1.29, 1.82) is 0 Å². The first-order valence-electron chi connectivity index (χ1n) is 5.94. The summed E-state index contributed by atoms with van der Waals surface area (Å²) in [4.78, 5) is 0. The highest BCUT2D eigenvalue weighted by molar-refractivity contribution is 9.10. The zero-order valence-corrected chi connectivity index (χ0v) is 13.4. The topological polar surface area (TPSA) is 26.0 Å². The Morgan fingerprint density at radius 2 is 1.90 bits per heavy atom. The Bertz CT molecular complexity index is 787. The molecule has 0 aliphatic heterocycles. The van der Waals surface area contributed by atoms with Crippen molar-refractivity contribution in [1.82, 2.24) is 0 Å². The van der Waals surface area contributed by atoms with E-state index in [1.165, 1.54) is 6.07 Å². The lowest BCUT2D eigenvalue weighted by Crippen LogP contribution is -2.12. The Morgan fingerprint density at radius 1 is 1.15 bits per heavy atom. The standard InChI is InChI=1S/C15H10BrClFNS/c16-11-5-1-3-8-10(7-20-15(8)11)14(19)9-4-2-6-12(18)13(9)17/h1-7,14H,19H2. The molecule has 3 aromatic rings. The van der Waals surface area contributed by atoms with Crippen LogP contribution in [0.15, 0.2) is 46.3 Å². The number of hydrogen-bond acceptors (Lipinski definition) is 2. The highest BCUT2D eigenvalue weighted by atomic mass is 79.9. The normalized spacial score (nSPS) is 12.8. The van der Waals surface area contributed by atoms with Crippen LogP contribution < -0.4 is 5.73 Å². The van der Waals surface area contributed by atoms with E-state index in [4.69, 9.17) is 17.3 Å². The van der Waals surface area contributed by atoms with Crippen LogP contribution in [-0.4, -0.2) is 0 Å². The number of nitrogens with two attached hydrogens (primary N) is 1. The van der Waals surface area contributed by atoms with Crippen LogP contribution in [-0.2, 0) is 0 Å². The smallest absolute Gasteiger partial charge is 0.142 e. The van der Waals surface area contributed by atoms with Gasteiger partial charge in [-0.15, -0.1) is 11.3 Å². The summed E-state index contributed by atoms with van der Waals surface area (Å²) in [7, 11) is 0. The minimum Gasteiger partial charge on any atom is -0.320 e. The van der Waals surface area contributed by atoms with Crippen molar-refractivity contribution >= 4 is 49.0 Å². The summed E-state index contributed by atoms with van der Waals surface area (Å²) >= 11 is 11.2. The van der Waals surface area contributed by atoms with E-state index in [0.29, 0.717) is 5.56 Å². The fourth-order valence-corrected chi connectivity index (χ4v) is 4.11. The molecular formula is C15H10BrClFNS. The zero-order chi connectivity index (χ0) is 14.3. The molecule has 1 atom stereocenters. The van der Waals surface area contributed by atoms with Crippen molar-refractivity contribution in [2.75, 3.05) is 0 Å². The molecule has 0 bridgehead atoms. The first kappa shape index (κ1) is 14.0. The van der Waals surface area contributed by atoms with E-state index in [1.54, 1.807) is 23.5 Å². The van der Waals surface area contributed by atoms with Crippen molar-refractivity contribution in [2.24, 2.45) is 5.73 Å². The van der Waals surface area contributed by atoms with E-state index in [9.17, 15) is 4.39 Å².